The van der Waals surface area contributed by atoms with Gasteiger partial charge < -0.3 is 15.5 Å². The quantitative estimate of drug-likeness (QED) is 0.824. The van der Waals surface area contributed by atoms with Crippen LogP contribution in [0.1, 0.15) is 33.3 Å². The van der Waals surface area contributed by atoms with Crippen molar-refractivity contribution in [1.82, 2.24) is 10.6 Å². The zero-order valence-corrected chi connectivity index (χ0v) is 15.2. The second-order valence-corrected chi connectivity index (χ2v) is 7.10. The van der Waals surface area contributed by atoms with Gasteiger partial charge in [-0.15, -0.1) is 0 Å². The van der Waals surface area contributed by atoms with E-state index in [0.717, 1.165) is 16.7 Å². The smallest absolute Gasteiger partial charge is 0.239 e. The van der Waals surface area contributed by atoms with Crippen molar-refractivity contribution >= 4 is 27.5 Å². The molecule has 21 heavy (non-hydrogen) atoms. The number of likely N-dealkylation sites (N-methyl/N-ethyl adjacent to an activating group) is 2. The lowest BCUT2D eigenvalue weighted by Crippen LogP contribution is -2.37. The molecule has 0 aliphatic heterocycles. The van der Waals surface area contributed by atoms with Gasteiger partial charge in [-0.3, -0.25) is 4.79 Å². The lowest BCUT2D eigenvalue weighted by atomic mass is 10.1. The molecule has 0 spiro atoms. The molecule has 5 heteroatoms. The maximum atomic E-state index is 11.8. The van der Waals surface area contributed by atoms with Crippen LogP contribution in [0.25, 0.3) is 0 Å². The second-order valence-electron chi connectivity index (χ2n) is 6.19. The highest BCUT2D eigenvalue weighted by Gasteiger charge is 2.14. The van der Waals surface area contributed by atoms with Gasteiger partial charge in [0.15, 0.2) is 0 Å². The van der Waals surface area contributed by atoms with Gasteiger partial charge in [0.05, 0.1) is 6.54 Å². The molecule has 0 aliphatic rings. The average molecular weight is 356 g/mol. The second kappa shape index (κ2) is 7.80. The molecule has 0 aliphatic carbocycles. The first-order valence-corrected chi connectivity index (χ1v) is 8.03. The van der Waals surface area contributed by atoms with E-state index in [1.807, 2.05) is 24.9 Å². The minimum Gasteiger partial charge on any atom is -0.365 e. The standard InChI is InChI=1S/C16H26BrN3O/c1-6-18-15(21)11-20(5)14-9-13(17)8-7-12(14)10-19-16(2,3)4/h7-9,19H,6,10-11H2,1-5H3,(H,18,21). The van der Waals surface area contributed by atoms with Gasteiger partial charge in [-0.1, -0.05) is 22.0 Å². The molecule has 118 valence electrons. The molecule has 1 rings (SSSR count). The Morgan fingerprint density at radius 1 is 1.33 bits per heavy atom. The fourth-order valence-corrected chi connectivity index (χ4v) is 2.30. The van der Waals surface area contributed by atoms with Crippen LogP contribution in [0.5, 0.6) is 0 Å². The van der Waals surface area contributed by atoms with E-state index in [9.17, 15) is 4.79 Å². The summed E-state index contributed by atoms with van der Waals surface area (Å²) in [6.45, 7) is 10.1. The maximum Gasteiger partial charge on any atom is 0.239 e. The fourth-order valence-electron chi connectivity index (χ4n) is 1.96. The van der Waals surface area contributed by atoms with Crippen molar-refractivity contribution in [3.05, 3.63) is 28.2 Å². The minimum absolute atomic E-state index is 0.0368. The van der Waals surface area contributed by atoms with E-state index in [2.05, 4.69) is 59.5 Å². The van der Waals surface area contributed by atoms with Crippen molar-refractivity contribution in [2.75, 3.05) is 25.0 Å². The third-order valence-corrected chi connectivity index (χ3v) is 3.52. The lowest BCUT2D eigenvalue weighted by Gasteiger charge is -2.25. The van der Waals surface area contributed by atoms with Crippen LogP contribution in [-0.2, 0) is 11.3 Å². The summed E-state index contributed by atoms with van der Waals surface area (Å²) in [6.07, 6.45) is 0. The van der Waals surface area contributed by atoms with Crippen molar-refractivity contribution in [3.63, 3.8) is 0 Å². The Morgan fingerprint density at radius 3 is 2.57 bits per heavy atom. The molecule has 2 N–H and O–H groups in total. The molecule has 0 fully saturated rings. The molecule has 0 atom stereocenters. The maximum absolute atomic E-state index is 11.8. The molecule has 0 bridgehead atoms. The Hall–Kier alpha value is -1.07. The summed E-state index contributed by atoms with van der Waals surface area (Å²) in [7, 11) is 1.94. The zero-order valence-electron chi connectivity index (χ0n) is 13.6. The first-order chi connectivity index (χ1) is 9.73. The number of carbonyl (C=O) groups excluding carboxylic acids is 1. The topological polar surface area (TPSA) is 44.4 Å². The SMILES string of the molecule is CCNC(=O)CN(C)c1cc(Br)ccc1CNC(C)(C)C. The van der Waals surface area contributed by atoms with Crippen LogP contribution >= 0.6 is 15.9 Å². The van der Waals surface area contributed by atoms with E-state index in [1.165, 1.54) is 5.56 Å². The number of amides is 1. The number of carbonyl (C=O) groups is 1. The third kappa shape index (κ3) is 6.48. The van der Waals surface area contributed by atoms with Gasteiger partial charge in [0.1, 0.15) is 0 Å². The highest BCUT2D eigenvalue weighted by atomic mass is 79.9. The van der Waals surface area contributed by atoms with Gasteiger partial charge in [-0.05, 0) is 45.4 Å². The van der Waals surface area contributed by atoms with Crippen molar-refractivity contribution in [2.24, 2.45) is 0 Å². The fraction of sp³-hybridized carbons (Fsp3) is 0.562. The molecule has 4 nitrogen and oxygen atoms in total. The number of rotatable bonds is 6. The molecular formula is C16H26BrN3O. The van der Waals surface area contributed by atoms with Crippen molar-refractivity contribution < 1.29 is 4.79 Å². The average Bonchev–Trinajstić information content (AvgIpc) is 2.36. The van der Waals surface area contributed by atoms with Crippen LogP contribution in [0.4, 0.5) is 5.69 Å². The summed E-state index contributed by atoms with van der Waals surface area (Å²) in [6, 6.07) is 6.18. The van der Waals surface area contributed by atoms with Gasteiger partial charge >= 0.3 is 0 Å². The first kappa shape index (κ1) is 18.0. The summed E-state index contributed by atoms with van der Waals surface area (Å²) in [5.74, 6) is 0.0368. The number of hydrogen-bond donors (Lipinski definition) is 2. The largest absolute Gasteiger partial charge is 0.365 e. The molecule has 0 saturated carbocycles. The Balaban J connectivity index is 2.88. The van der Waals surface area contributed by atoms with Crippen molar-refractivity contribution in [1.29, 1.82) is 0 Å². The van der Waals surface area contributed by atoms with Gasteiger partial charge in [0, 0.05) is 35.8 Å². The molecule has 0 radical (unpaired) electrons. The Bertz CT molecular complexity index is 483. The van der Waals surface area contributed by atoms with E-state index >= 15 is 0 Å². The molecule has 1 aromatic rings. The molecule has 0 aromatic heterocycles. The Kier molecular flexibility index (Phi) is 6.68. The van der Waals surface area contributed by atoms with Gasteiger partial charge in [-0.25, -0.2) is 0 Å². The highest BCUT2D eigenvalue weighted by molar-refractivity contribution is 9.10. The van der Waals surface area contributed by atoms with Gasteiger partial charge in [-0.2, -0.15) is 0 Å². The Labute approximate surface area is 136 Å². The molecule has 0 saturated heterocycles. The normalized spacial score (nSPS) is 11.3. The van der Waals surface area contributed by atoms with Crippen LogP contribution in [0.15, 0.2) is 22.7 Å². The van der Waals surface area contributed by atoms with Crippen molar-refractivity contribution in [2.45, 2.75) is 39.8 Å². The predicted molar refractivity (Wildman–Crippen MR) is 92.7 cm³/mol. The van der Waals surface area contributed by atoms with E-state index in [0.29, 0.717) is 13.1 Å². The third-order valence-electron chi connectivity index (χ3n) is 3.02. The van der Waals surface area contributed by atoms with Crippen LogP contribution in [0.2, 0.25) is 0 Å². The lowest BCUT2D eigenvalue weighted by molar-refractivity contribution is -0.119. The number of hydrogen-bond acceptors (Lipinski definition) is 3. The summed E-state index contributed by atoms with van der Waals surface area (Å²) >= 11 is 3.50. The number of nitrogens with zero attached hydrogens (tertiary/aromatic N) is 1. The number of halogens is 1. The van der Waals surface area contributed by atoms with Gasteiger partial charge in [0.2, 0.25) is 5.91 Å². The van der Waals surface area contributed by atoms with E-state index in [-0.39, 0.29) is 11.4 Å². The zero-order chi connectivity index (χ0) is 16.0. The minimum atomic E-state index is 0.0368. The van der Waals surface area contributed by atoms with Gasteiger partial charge in [0.25, 0.3) is 0 Å². The summed E-state index contributed by atoms with van der Waals surface area (Å²) < 4.78 is 1.01. The summed E-state index contributed by atoms with van der Waals surface area (Å²) in [5, 5.41) is 6.32. The van der Waals surface area contributed by atoms with Crippen LogP contribution in [0.3, 0.4) is 0 Å². The molecular weight excluding hydrogens is 330 g/mol. The predicted octanol–water partition coefficient (Wildman–Crippen LogP) is 2.91. The molecule has 1 aromatic carbocycles. The van der Waals surface area contributed by atoms with Crippen LogP contribution < -0.4 is 15.5 Å². The molecule has 1 amide bonds. The number of nitrogens with one attached hydrogen (secondary N) is 2. The number of benzene rings is 1. The first-order valence-electron chi connectivity index (χ1n) is 7.24. The number of anilines is 1. The van der Waals surface area contributed by atoms with Crippen molar-refractivity contribution in [3.8, 4) is 0 Å². The monoisotopic (exact) mass is 355 g/mol. The van der Waals surface area contributed by atoms with E-state index < -0.39 is 0 Å². The summed E-state index contributed by atoms with van der Waals surface area (Å²) in [4.78, 5) is 13.7. The highest BCUT2D eigenvalue weighted by Crippen LogP contribution is 2.25. The van der Waals surface area contributed by atoms with Crippen LogP contribution in [0, 0.1) is 0 Å². The molecule has 0 heterocycles. The molecule has 0 unspecified atom stereocenters. The van der Waals surface area contributed by atoms with E-state index in [4.69, 9.17) is 0 Å². The van der Waals surface area contributed by atoms with Crippen LogP contribution in [-0.4, -0.2) is 31.6 Å². The Morgan fingerprint density at radius 2 is 2.00 bits per heavy atom. The summed E-state index contributed by atoms with van der Waals surface area (Å²) in [5.41, 5.74) is 2.30. The van der Waals surface area contributed by atoms with E-state index in [1.54, 1.807) is 0 Å².